The number of benzene rings is 2. The predicted molar refractivity (Wildman–Crippen MR) is 109 cm³/mol. The molecular weight excluding hydrogens is 373 g/mol. The van der Waals surface area contributed by atoms with Gasteiger partial charge in [0.15, 0.2) is 0 Å². The van der Waals surface area contributed by atoms with E-state index in [1.165, 1.54) is 12.1 Å². The van der Waals surface area contributed by atoms with E-state index in [9.17, 15) is 14.0 Å². The number of nitrogens with zero attached hydrogens (tertiary/aromatic N) is 2. The first-order valence-corrected chi connectivity index (χ1v) is 9.44. The number of amides is 3. The van der Waals surface area contributed by atoms with E-state index in [2.05, 4.69) is 20.9 Å². The molecule has 1 heterocycles. The fourth-order valence-electron chi connectivity index (χ4n) is 2.91. The third-order valence-electron chi connectivity index (χ3n) is 4.28. The summed E-state index contributed by atoms with van der Waals surface area (Å²) in [6.45, 7) is 5.00. The summed E-state index contributed by atoms with van der Waals surface area (Å²) in [6, 6.07) is 11.2. The molecule has 0 radical (unpaired) electrons. The van der Waals surface area contributed by atoms with Gasteiger partial charge >= 0.3 is 6.03 Å². The molecule has 0 saturated heterocycles. The molecule has 0 spiro atoms. The lowest BCUT2D eigenvalue weighted by Crippen LogP contribution is -2.36. The minimum absolute atomic E-state index is 0.0638. The van der Waals surface area contributed by atoms with E-state index in [4.69, 9.17) is 0 Å². The Kier molecular flexibility index (Phi) is 6.43. The quantitative estimate of drug-likeness (QED) is 0.573. The predicted octanol–water partition coefficient (Wildman–Crippen LogP) is 2.81. The molecule has 0 fully saturated rings. The minimum Gasteiger partial charge on any atom is -0.350 e. The van der Waals surface area contributed by atoms with Gasteiger partial charge in [-0.05, 0) is 49.7 Å². The first kappa shape index (κ1) is 20.3. The first-order valence-electron chi connectivity index (χ1n) is 9.44. The van der Waals surface area contributed by atoms with Crippen molar-refractivity contribution >= 4 is 23.0 Å². The highest BCUT2D eigenvalue weighted by Crippen LogP contribution is 2.15. The van der Waals surface area contributed by atoms with Gasteiger partial charge in [-0.3, -0.25) is 4.79 Å². The van der Waals surface area contributed by atoms with Gasteiger partial charge in [0.05, 0.1) is 17.4 Å². The van der Waals surface area contributed by atoms with Crippen LogP contribution in [0.4, 0.5) is 9.18 Å². The van der Waals surface area contributed by atoms with Gasteiger partial charge in [0, 0.05) is 31.2 Å². The van der Waals surface area contributed by atoms with E-state index >= 15 is 0 Å². The third-order valence-corrected chi connectivity index (χ3v) is 4.28. The molecule has 3 N–H and O–H groups in total. The maximum atomic E-state index is 13.1. The molecule has 0 aliphatic carbocycles. The second-order valence-electron chi connectivity index (χ2n) is 7.01. The number of hydrogen-bond donors (Lipinski definition) is 3. The summed E-state index contributed by atoms with van der Waals surface area (Å²) in [5.74, 6) is -0.463. The topological polar surface area (TPSA) is 88.1 Å². The first-order chi connectivity index (χ1) is 13.9. The molecular formula is C21H24FN5O2. The number of urea groups is 1. The highest BCUT2D eigenvalue weighted by molar-refractivity contribution is 5.97. The smallest absolute Gasteiger partial charge is 0.315 e. The second kappa shape index (κ2) is 9.18. The van der Waals surface area contributed by atoms with Gasteiger partial charge in [0.25, 0.3) is 5.91 Å². The van der Waals surface area contributed by atoms with E-state index in [0.717, 1.165) is 11.0 Å². The van der Waals surface area contributed by atoms with Crippen LogP contribution in [0.2, 0.25) is 0 Å². The fraction of sp³-hybridized carbons (Fsp3) is 0.286. The molecule has 0 aliphatic heterocycles. The van der Waals surface area contributed by atoms with Crippen LogP contribution >= 0.6 is 0 Å². The summed E-state index contributed by atoms with van der Waals surface area (Å²) in [7, 11) is 0. The van der Waals surface area contributed by atoms with Crippen molar-refractivity contribution in [2.75, 3.05) is 6.54 Å². The number of hydrogen-bond acceptors (Lipinski definition) is 3. The molecule has 3 aromatic rings. The van der Waals surface area contributed by atoms with Crippen molar-refractivity contribution in [3.63, 3.8) is 0 Å². The van der Waals surface area contributed by atoms with Crippen LogP contribution in [0.3, 0.4) is 0 Å². The molecule has 2 aromatic carbocycles. The van der Waals surface area contributed by atoms with Crippen LogP contribution in [-0.4, -0.2) is 34.1 Å². The van der Waals surface area contributed by atoms with Gasteiger partial charge in [0.1, 0.15) is 5.82 Å². The number of aromatic nitrogens is 2. The molecule has 1 aromatic heterocycles. The molecule has 0 aliphatic rings. The lowest BCUT2D eigenvalue weighted by Gasteiger charge is -2.10. The van der Waals surface area contributed by atoms with Crippen molar-refractivity contribution < 1.29 is 14.0 Å². The molecule has 0 unspecified atom stereocenters. The van der Waals surface area contributed by atoms with Gasteiger partial charge in [-0.1, -0.05) is 12.1 Å². The van der Waals surface area contributed by atoms with Crippen LogP contribution in [0.5, 0.6) is 0 Å². The summed E-state index contributed by atoms with van der Waals surface area (Å²) in [6.07, 6.45) is 1.68. The van der Waals surface area contributed by atoms with Crippen LogP contribution in [0.1, 0.15) is 29.8 Å². The lowest BCUT2D eigenvalue weighted by atomic mass is 10.2. The molecule has 0 bridgehead atoms. The van der Waals surface area contributed by atoms with E-state index in [1.54, 1.807) is 30.6 Å². The van der Waals surface area contributed by atoms with E-state index in [1.807, 2.05) is 24.5 Å². The summed E-state index contributed by atoms with van der Waals surface area (Å²) < 4.78 is 15.1. The van der Waals surface area contributed by atoms with Crippen molar-refractivity contribution in [3.8, 4) is 0 Å². The molecule has 8 heteroatoms. The van der Waals surface area contributed by atoms with Crippen molar-refractivity contribution in [1.29, 1.82) is 0 Å². The van der Waals surface area contributed by atoms with Crippen molar-refractivity contribution in [3.05, 3.63) is 65.7 Å². The Hall–Kier alpha value is -3.42. The van der Waals surface area contributed by atoms with Gasteiger partial charge in [-0.2, -0.15) is 0 Å². The largest absolute Gasteiger partial charge is 0.350 e. The Morgan fingerprint density at radius 3 is 2.72 bits per heavy atom. The Morgan fingerprint density at radius 1 is 1.14 bits per heavy atom. The number of fused-ring (bicyclic) bond motifs is 1. The molecule has 29 heavy (non-hydrogen) atoms. The Morgan fingerprint density at radius 2 is 1.97 bits per heavy atom. The normalized spacial score (nSPS) is 10.9. The molecule has 3 amide bonds. The Bertz CT molecular complexity index is 1020. The third kappa shape index (κ3) is 5.54. The highest BCUT2D eigenvalue weighted by atomic mass is 19.1. The van der Waals surface area contributed by atoms with Crippen molar-refractivity contribution in [2.24, 2.45) is 0 Å². The molecule has 3 rings (SSSR count). The van der Waals surface area contributed by atoms with Gasteiger partial charge in [0.2, 0.25) is 0 Å². The van der Waals surface area contributed by atoms with Crippen LogP contribution < -0.4 is 16.0 Å². The van der Waals surface area contributed by atoms with Crippen LogP contribution in [0.15, 0.2) is 48.8 Å². The SMILES string of the molecule is CC(C)NC(=O)c1ccc2c(c1)ncn2CCNC(=O)NCc1cccc(F)c1. The molecule has 7 nitrogen and oxygen atoms in total. The van der Waals surface area contributed by atoms with Crippen LogP contribution in [-0.2, 0) is 13.1 Å². The van der Waals surface area contributed by atoms with E-state index < -0.39 is 0 Å². The monoisotopic (exact) mass is 397 g/mol. The average molecular weight is 397 g/mol. The molecule has 0 saturated carbocycles. The Balaban J connectivity index is 1.51. The zero-order valence-corrected chi connectivity index (χ0v) is 16.4. The minimum atomic E-state index is -0.332. The van der Waals surface area contributed by atoms with E-state index in [0.29, 0.717) is 24.2 Å². The standard InChI is InChI=1S/C21H24FN5O2/c1-14(2)26-20(28)16-6-7-19-18(11-16)25-13-27(19)9-8-23-21(29)24-12-15-4-3-5-17(22)10-15/h3-7,10-11,13-14H,8-9,12H2,1-2H3,(H,26,28)(H2,23,24,29). The zero-order chi connectivity index (χ0) is 20.8. The van der Waals surface area contributed by atoms with E-state index in [-0.39, 0.29) is 30.3 Å². The zero-order valence-electron chi connectivity index (χ0n) is 16.4. The van der Waals surface area contributed by atoms with Crippen LogP contribution in [0.25, 0.3) is 11.0 Å². The second-order valence-corrected chi connectivity index (χ2v) is 7.01. The summed E-state index contributed by atoms with van der Waals surface area (Å²) >= 11 is 0. The van der Waals surface area contributed by atoms with Crippen molar-refractivity contribution in [1.82, 2.24) is 25.5 Å². The number of carbonyl (C=O) groups is 2. The maximum absolute atomic E-state index is 13.1. The summed E-state index contributed by atoms with van der Waals surface area (Å²) in [4.78, 5) is 28.4. The summed E-state index contributed by atoms with van der Waals surface area (Å²) in [5, 5.41) is 8.31. The molecule has 0 atom stereocenters. The summed E-state index contributed by atoms with van der Waals surface area (Å²) in [5.41, 5.74) is 2.86. The number of carbonyl (C=O) groups excluding carboxylic acids is 2. The van der Waals surface area contributed by atoms with Gasteiger partial charge in [-0.15, -0.1) is 0 Å². The number of halogens is 1. The van der Waals surface area contributed by atoms with Gasteiger partial charge < -0.3 is 20.5 Å². The Labute approximate surface area is 168 Å². The highest BCUT2D eigenvalue weighted by Gasteiger charge is 2.10. The fourth-order valence-corrected chi connectivity index (χ4v) is 2.91. The molecule has 152 valence electrons. The lowest BCUT2D eigenvalue weighted by molar-refractivity contribution is 0.0943. The average Bonchev–Trinajstić information content (AvgIpc) is 3.08. The maximum Gasteiger partial charge on any atom is 0.315 e. The number of imidazole rings is 1. The van der Waals surface area contributed by atoms with Crippen molar-refractivity contribution in [2.45, 2.75) is 33.0 Å². The number of rotatable bonds is 7. The van der Waals surface area contributed by atoms with Crippen LogP contribution in [0, 0.1) is 5.82 Å². The van der Waals surface area contributed by atoms with Gasteiger partial charge in [-0.25, -0.2) is 14.2 Å². The number of nitrogens with one attached hydrogen (secondary N) is 3.